The van der Waals surface area contributed by atoms with Crippen LogP contribution in [0.2, 0.25) is 5.02 Å². The summed E-state index contributed by atoms with van der Waals surface area (Å²) in [6.07, 6.45) is 4.99. The minimum atomic E-state index is 0.330. The number of fused-ring (bicyclic) bond motifs is 2. The van der Waals surface area contributed by atoms with Crippen molar-refractivity contribution in [2.45, 2.75) is 31.2 Å². The van der Waals surface area contributed by atoms with Crippen molar-refractivity contribution in [3.8, 4) is 0 Å². The average molecular weight is 208 g/mol. The first kappa shape index (κ1) is 8.75. The highest BCUT2D eigenvalue weighted by Crippen LogP contribution is 2.48. The monoisotopic (exact) mass is 207 g/mol. The number of benzene rings is 1. The summed E-state index contributed by atoms with van der Waals surface area (Å²) in [5.41, 5.74) is 3.29. The lowest BCUT2D eigenvalue weighted by molar-refractivity contribution is 0.530. The summed E-state index contributed by atoms with van der Waals surface area (Å²) in [4.78, 5) is 0. The van der Waals surface area contributed by atoms with Crippen molar-refractivity contribution in [3.63, 3.8) is 0 Å². The Morgan fingerprint density at radius 3 is 2.93 bits per heavy atom. The van der Waals surface area contributed by atoms with E-state index in [0.29, 0.717) is 5.54 Å². The fourth-order valence-electron chi connectivity index (χ4n) is 2.51. The highest BCUT2D eigenvalue weighted by molar-refractivity contribution is 6.30. The van der Waals surface area contributed by atoms with Crippen molar-refractivity contribution >= 4 is 11.6 Å². The van der Waals surface area contributed by atoms with E-state index in [4.69, 9.17) is 11.6 Å². The van der Waals surface area contributed by atoms with E-state index in [1.807, 2.05) is 6.07 Å². The number of nitrogens with one attached hydrogen (secondary N) is 1. The van der Waals surface area contributed by atoms with Gasteiger partial charge in [-0.2, -0.15) is 0 Å². The van der Waals surface area contributed by atoms with E-state index in [0.717, 1.165) is 11.6 Å². The zero-order valence-electron chi connectivity index (χ0n) is 8.15. The van der Waals surface area contributed by atoms with Gasteiger partial charge in [-0.25, -0.2) is 0 Å². The molecule has 1 aliphatic carbocycles. The first-order valence-electron chi connectivity index (χ1n) is 5.34. The maximum Gasteiger partial charge on any atom is 0.0439 e. The minimum Gasteiger partial charge on any atom is -0.307 e. The second-order valence-electron chi connectivity index (χ2n) is 4.41. The van der Waals surface area contributed by atoms with Gasteiger partial charge in [0.25, 0.3) is 0 Å². The molecule has 2 aliphatic rings. The summed E-state index contributed by atoms with van der Waals surface area (Å²) < 4.78 is 0. The summed E-state index contributed by atoms with van der Waals surface area (Å²) in [6, 6.07) is 6.38. The standard InChI is InChI=1S/C12H14ClN/c13-10-3-4-11-9(8-10)2-1-7-14-12(11)5-6-12/h3-4,8,14H,1-2,5-7H2. The minimum absolute atomic E-state index is 0.330. The first-order valence-corrected chi connectivity index (χ1v) is 5.72. The topological polar surface area (TPSA) is 12.0 Å². The van der Waals surface area contributed by atoms with Gasteiger partial charge < -0.3 is 5.32 Å². The molecule has 0 atom stereocenters. The summed E-state index contributed by atoms with van der Waals surface area (Å²) >= 11 is 6.02. The molecule has 1 aliphatic heterocycles. The van der Waals surface area contributed by atoms with E-state index < -0.39 is 0 Å². The van der Waals surface area contributed by atoms with Crippen LogP contribution >= 0.6 is 11.6 Å². The Labute approximate surface area is 89.5 Å². The van der Waals surface area contributed by atoms with E-state index in [1.54, 1.807) is 0 Å². The quantitative estimate of drug-likeness (QED) is 0.690. The van der Waals surface area contributed by atoms with E-state index in [1.165, 1.54) is 36.8 Å². The van der Waals surface area contributed by atoms with E-state index in [9.17, 15) is 0 Å². The van der Waals surface area contributed by atoms with Gasteiger partial charge in [-0.05, 0) is 55.5 Å². The molecule has 74 valence electrons. The Morgan fingerprint density at radius 2 is 2.14 bits per heavy atom. The molecular formula is C12H14ClN. The third-order valence-corrected chi connectivity index (χ3v) is 3.65. The van der Waals surface area contributed by atoms with Crippen LogP contribution < -0.4 is 5.32 Å². The molecule has 1 saturated carbocycles. The highest BCUT2D eigenvalue weighted by atomic mass is 35.5. The van der Waals surface area contributed by atoms with Crippen LogP contribution in [0.5, 0.6) is 0 Å². The van der Waals surface area contributed by atoms with Crippen LogP contribution in [0, 0.1) is 0 Å². The van der Waals surface area contributed by atoms with Gasteiger partial charge >= 0.3 is 0 Å². The molecule has 1 heterocycles. The van der Waals surface area contributed by atoms with Crippen molar-refractivity contribution in [1.82, 2.24) is 5.32 Å². The van der Waals surface area contributed by atoms with Gasteiger partial charge in [0.15, 0.2) is 0 Å². The van der Waals surface area contributed by atoms with Crippen LogP contribution in [0.25, 0.3) is 0 Å². The molecule has 1 N–H and O–H groups in total. The van der Waals surface area contributed by atoms with E-state index in [2.05, 4.69) is 17.4 Å². The zero-order chi connectivity index (χ0) is 9.60. The highest BCUT2D eigenvalue weighted by Gasteiger charge is 2.45. The molecule has 1 spiro atoms. The van der Waals surface area contributed by atoms with Crippen molar-refractivity contribution in [3.05, 3.63) is 34.3 Å². The first-order chi connectivity index (χ1) is 6.80. The molecule has 1 aromatic carbocycles. The molecule has 0 saturated heterocycles. The number of hydrogen-bond donors (Lipinski definition) is 1. The molecule has 3 rings (SSSR count). The fourth-order valence-corrected chi connectivity index (χ4v) is 2.70. The van der Waals surface area contributed by atoms with Gasteiger partial charge in [0.2, 0.25) is 0 Å². The molecule has 1 fully saturated rings. The van der Waals surface area contributed by atoms with Crippen LogP contribution in [-0.4, -0.2) is 6.54 Å². The Morgan fingerprint density at radius 1 is 1.29 bits per heavy atom. The Hall–Kier alpha value is -0.530. The fraction of sp³-hybridized carbons (Fsp3) is 0.500. The summed E-state index contributed by atoms with van der Waals surface area (Å²) in [5.74, 6) is 0. The van der Waals surface area contributed by atoms with Gasteiger partial charge in [0.05, 0.1) is 0 Å². The second-order valence-corrected chi connectivity index (χ2v) is 4.85. The van der Waals surface area contributed by atoms with Crippen molar-refractivity contribution in [2.24, 2.45) is 0 Å². The van der Waals surface area contributed by atoms with Gasteiger partial charge in [0.1, 0.15) is 0 Å². The lowest BCUT2D eigenvalue weighted by Gasteiger charge is -2.17. The van der Waals surface area contributed by atoms with Crippen LogP contribution in [0.3, 0.4) is 0 Å². The second kappa shape index (κ2) is 2.98. The smallest absolute Gasteiger partial charge is 0.0439 e. The average Bonchev–Trinajstić information content (AvgIpc) is 2.95. The summed E-state index contributed by atoms with van der Waals surface area (Å²) in [5, 5.41) is 4.54. The predicted octanol–water partition coefficient (Wildman–Crippen LogP) is 2.86. The van der Waals surface area contributed by atoms with Crippen molar-refractivity contribution < 1.29 is 0 Å². The van der Waals surface area contributed by atoms with Gasteiger partial charge in [0, 0.05) is 10.6 Å². The van der Waals surface area contributed by atoms with Crippen molar-refractivity contribution in [2.75, 3.05) is 6.54 Å². The van der Waals surface area contributed by atoms with Crippen LogP contribution in [0.15, 0.2) is 18.2 Å². The van der Waals surface area contributed by atoms with E-state index in [-0.39, 0.29) is 0 Å². The molecule has 0 radical (unpaired) electrons. The molecular weight excluding hydrogens is 194 g/mol. The Kier molecular flexibility index (Phi) is 1.86. The number of rotatable bonds is 0. The van der Waals surface area contributed by atoms with Crippen LogP contribution in [0.4, 0.5) is 0 Å². The molecule has 0 bridgehead atoms. The molecule has 0 unspecified atom stereocenters. The molecule has 1 aromatic rings. The van der Waals surface area contributed by atoms with Crippen LogP contribution in [0.1, 0.15) is 30.4 Å². The zero-order valence-corrected chi connectivity index (χ0v) is 8.90. The molecule has 1 nitrogen and oxygen atoms in total. The normalized spacial score (nSPS) is 22.9. The summed E-state index contributed by atoms with van der Waals surface area (Å²) in [6.45, 7) is 1.15. The molecule has 0 aromatic heterocycles. The predicted molar refractivity (Wildman–Crippen MR) is 58.7 cm³/mol. The number of aryl methyl sites for hydroxylation is 1. The summed E-state index contributed by atoms with van der Waals surface area (Å²) in [7, 11) is 0. The largest absolute Gasteiger partial charge is 0.307 e. The third-order valence-electron chi connectivity index (χ3n) is 3.42. The molecule has 0 amide bonds. The number of halogens is 1. The van der Waals surface area contributed by atoms with E-state index >= 15 is 0 Å². The van der Waals surface area contributed by atoms with Gasteiger partial charge in [-0.15, -0.1) is 0 Å². The third kappa shape index (κ3) is 1.27. The van der Waals surface area contributed by atoms with Crippen molar-refractivity contribution in [1.29, 1.82) is 0 Å². The Bertz CT molecular complexity index is 369. The van der Waals surface area contributed by atoms with Crippen LogP contribution in [-0.2, 0) is 12.0 Å². The maximum absolute atomic E-state index is 6.02. The lowest BCUT2D eigenvalue weighted by atomic mass is 9.97. The lowest BCUT2D eigenvalue weighted by Crippen LogP contribution is -2.28. The molecule has 2 heteroatoms. The Balaban J connectivity index is 2.11. The maximum atomic E-state index is 6.02. The van der Waals surface area contributed by atoms with Gasteiger partial charge in [-0.1, -0.05) is 17.7 Å². The molecule has 14 heavy (non-hydrogen) atoms. The SMILES string of the molecule is Clc1ccc2c(c1)CCCNC21CC1. The van der Waals surface area contributed by atoms with Gasteiger partial charge in [-0.3, -0.25) is 0 Å². The number of hydrogen-bond acceptors (Lipinski definition) is 1.